The lowest BCUT2D eigenvalue weighted by Gasteiger charge is -2.39. The zero-order valence-electron chi connectivity index (χ0n) is 22.6. The summed E-state index contributed by atoms with van der Waals surface area (Å²) >= 11 is 5.93. The Kier molecular flexibility index (Phi) is 8.57. The van der Waals surface area contributed by atoms with Crippen LogP contribution < -0.4 is 15.0 Å². The van der Waals surface area contributed by atoms with E-state index in [2.05, 4.69) is 24.9 Å². The van der Waals surface area contributed by atoms with Crippen molar-refractivity contribution in [1.82, 2.24) is 20.2 Å². The second kappa shape index (κ2) is 12.0. The largest absolute Gasteiger partial charge is 0.573 e. The van der Waals surface area contributed by atoms with E-state index < -0.39 is 29.5 Å². The standard InChI is InChI=1S/C29H26ClF6N5O2/c30-25-14-19(7-10-37-25)16-39-26(42)41-18-27(23-15-22(5-6-24(23)41)43-29(34,35)36)8-12-40(13-9-27)11-1-2-21-4-3-20(17-38-21)28(31,32)33/h1-7,10,14-15,17H,8-9,11-13,16,18H2,(H,39,42)/b2-1+. The summed E-state index contributed by atoms with van der Waals surface area (Å²) in [4.78, 5) is 24.7. The molecule has 0 bridgehead atoms. The van der Waals surface area contributed by atoms with Crippen LogP contribution >= 0.6 is 11.6 Å². The third-order valence-electron chi connectivity index (χ3n) is 7.58. The van der Waals surface area contributed by atoms with Crippen LogP contribution in [0.15, 0.2) is 60.9 Å². The summed E-state index contributed by atoms with van der Waals surface area (Å²) in [6.07, 6.45) is -2.45. The van der Waals surface area contributed by atoms with Gasteiger partial charge in [0.05, 0.1) is 11.3 Å². The van der Waals surface area contributed by atoms with Gasteiger partial charge in [-0.25, -0.2) is 9.78 Å². The number of amides is 2. The molecule has 0 radical (unpaired) electrons. The Morgan fingerprint density at radius 3 is 2.47 bits per heavy atom. The van der Waals surface area contributed by atoms with E-state index in [0.29, 0.717) is 49.4 Å². The number of benzene rings is 1. The van der Waals surface area contributed by atoms with E-state index in [9.17, 15) is 31.1 Å². The van der Waals surface area contributed by atoms with Gasteiger partial charge in [0.1, 0.15) is 10.9 Å². The van der Waals surface area contributed by atoms with Crippen molar-refractivity contribution >= 4 is 29.4 Å². The van der Waals surface area contributed by atoms with Gasteiger partial charge >= 0.3 is 18.6 Å². The number of hydrogen-bond acceptors (Lipinski definition) is 5. The Morgan fingerprint density at radius 1 is 1.05 bits per heavy atom. The number of rotatable bonds is 6. The number of pyridine rings is 2. The van der Waals surface area contributed by atoms with Crippen LogP contribution in [0.1, 0.15) is 35.2 Å². The number of likely N-dealkylation sites (tertiary alicyclic amines) is 1. The van der Waals surface area contributed by atoms with Crippen LogP contribution in [0.5, 0.6) is 5.75 Å². The predicted molar refractivity (Wildman–Crippen MR) is 148 cm³/mol. The second-order valence-corrected chi connectivity index (χ2v) is 10.8. The summed E-state index contributed by atoms with van der Waals surface area (Å²) < 4.78 is 81.5. The molecule has 228 valence electrons. The molecule has 1 fully saturated rings. The molecule has 2 aliphatic rings. The maximum Gasteiger partial charge on any atom is 0.573 e. The van der Waals surface area contributed by atoms with Gasteiger partial charge < -0.3 is 10.1 Å². The highest BCUT2D eigenvalue weighted by atomic mass is 35.5. The lowest BCUT2D eigenvalue weighted by atomic mass is 9.74. The molecule has 3 aromatic rings. The smallest absolute Gasteiger partial charge is 0.406 e. The van der Waals surface area contributed by atoms with Gasteiger partial charge in [0.2, 0.25) is 0 Å². The molecule has 1 saturated heterocycles. The number of fused-ring (bicyclic) bond motifs is 2. The second-order valence-electron chi connectivity index (χ2n) is 10.4. The average molecular weight is 626 g/mol. The molecule has 1 spiro atoms. The number of nitrogens with zero attached hydrogens (tertiary/aromatic N) is 4. The van der Waals surface area contributed by atoms with Crippen molar-refractivity contribution in [3.63, 3.8) is 0 Å². The van der Waals surface area contributed by atoms with E-state index >= 15 is 0 Å². The lowest BCUT2D eigenvalue weighted by Crippen LogP contribution is -2.47. The number of hydrogen-bond donors (Lipinski definition) is 1. The molecule has 14 heteroatoms. The maximum absolute atomic E-state index is 13.3. The Bertz CT molecular complexity index is 1490. The molecule has 5 rings (SSSR count). The normalized spacial score (nSPS) is 17.0. The van der Waals surface area contributed by atoms with Crippen molar-refractivity contribution in [2.24, 2.45) is 0 Å². The van der Waals surface area contributed by atoms with Gasteiger partial charge in [0, 0.05) is 43.1 Å². The quantitative estimate of drug-likeness (QED) is 0.240. The summed E-state index contributed by atoms with van der Waals surface area (Å²) in [6.45, 7) is 2.13. The summed E-state index contributed by atoms with van der Waals surface area (Å²) in [7, 11) is 0. The Morgan fingerprint density at radius 2 is 1.81 bits per heavy atom. The number of ether oxygens (including phenoxy) is 1. The monoisotopic (exact) mass is 625 g/mol. The van der Waals surface area contributed by atoms with Gasteiger partial charge in [-0.2, -0.15) is 13.2 Å². The third kappa shape index (κ3) is 7.39. The van der Waals surface area contributed by atoms with Crippen molar-refractivity contribution in [3.8, 4) is 5.75 Å². The highest BCUT2D eigenvalue weighted by molar-refractivity contribution is 6.29. The molecule has 0 saturated carbocycles. The molecule has 0 atom stereocenters. The number of anilines is 1. The Labute approximate surface area is 248 Å². The fraction of sp³-hybridized carbons (Fsp3) is 0.345. The minimum atomic E-state index is -4.86. The van der Waals surface area contributed by atoms with Gasteiger partial charge in [-0.1, -0.05) is 17.7 Å². The first-order valence-corrected chi connectivity index (χ1v) is 13.7. The molecule has 4 heterocycles. The molecule has 7 nitrogen and oxygen atoms in total. The Balaban J connectivity index is 1.28. The minimum absolute atomic E-state index is 0.184. The van der Waals surface area contributed by atoms with E-state index in [1.54, 1.807) is 29.2 Å². The molecule has 2 aromatic heterocycles. The summed E-state index contributed by atoms with van der Waals surface area (Å²) in [5.74, 6) is -0.353. The minimum Gasteiger partial charge on any atom is -0.406 e. The van der Waals surface area contributed by atoms with Crippen LogP contribution in [0.4, 0.5) is 36.8 Å². The maximum atomic E-state index is 13.3. The first-order valence-electron chi connectivity index (χ1n) is 13.3. The predicted octanol–water partition coefficient (Wildman–Crippen LogP) is 6.82. The van der Waals surface area contributed by atoms with Crippen LogP contribution in [0.3, 0.4) is 0 Å². The highest BCUT2D eigenvalue weighted by Gasteiger charge is 2.47. The molecule has 1 N–H and O–H groups in total. The van der Waals surface area contributed by atoms with Crippen LogP contribution in [0.25, 0.3) is 6.08 Å². The van der Waals surface area contributed by atoms with Gasteiger partial charge in [-0.05, 0) is 85.6 Å². The number of carbonyl (C=O) groups excluding carboxylic acids is 1. The van der Waals surface area contributed by atoms with Gasteiger partial charge in [-0.3, -0.25) is 14.8 Å². The first kappa shape index (κ1) is 30.6. The summed E-state index contributed by atoms with van der Waals surface area (Å²) in [6, 6.07) is 9.24. The number of urea groups is 1. The summed E-state index contributed by atoms with van der Waals surface area (Å²) in [5, 5.41) is 3.13. The van der Waals surface area contributed by atoms with Crippen LogP contribution in [0.2, 0.25) is 5.15 Å². The van der Waals surface area contributed by atoms with Crippen molar-refractivity contribution < 1.29 is 35.9 Å². The molecule has 0 aliphatic carbocycles. The molecule has 2 amide bonds. The molecule has 43 heavy (non-hydrogen) atoms. The molecule has 1 aromatic carbocycles. The molecular formula is C29H26ClF6N5O2. The topological polar surface area (TPSA) is 70.6 Å². The van der Waals surface area contributed by atoms with Gasteiger partial charge in [-0.15, -0.1) is 13.2 Å². The molecule has 2 aliphatic heterocycles. The van der Waals surface area contributed by atoms with Crippen molar-refractivity contribution in [3.05, 3.63) is 88.5 Å². The summed E-state index contributed by atoms with van der Waals surface area (Å²) in [5.41, 5.74) is 0.841. The number of halogens is 7. The van der Waals surface area contributed by atoms with Crippen LogP contribution in [-0.2, 0) is 18.1 Å². The number of piperidine rings is 1. The number of aromatic nitrogens is 2. The van der Waals surface area contributed by atoms with Gasteiger partial charge in [0.15, 0.2) is 0 Å². The number of nitrogens with one attached hydrogen (secondary N) is 1. The molecular weight excluding hydrogens is 600 g/mol. The van der Waals surface area contributed by atoms with Crippen molar-refractivity contribution in [2.45, 2.75) is 37.3 Å². The van der Waals surface area contributed by atoms with Crippen LogP contribution in [0, 0.1) is 0 Å². The fourth-order valence-electron chi connectivity index (χ4n) is 5.44. The number of carbonyl (C=O) groups is 1. The average Bonchev–Trinajstić information content (AvgIpc) is 3.25. The van der Waals surface area contributed by atoms with E-state index in [1.807, 2.05) is 0 Å². The van der Waals surface area contributed by atoms with Crippen LogP contribution in [-0.4, -0.2) is 53.4 Å². The van der Waals surface area contributed by atoms with Crippen molar-refractivity contribution in [2.75, 3.05) is 31.1 Å². The third-order valence-corrected chi connectivity index (χ3v) is 7.79. The number of alkyl halides is 6. The zero-order valence-corrected chi connectivity index (χ0v) is 23.3. The van der Waals surface area contributed by atoms with E-state index in [4.69, 9.17) is 11.6 Å². The lowest BCUT2D eigenvalue weighted by molar-refractivity contribution is -0.274. The first-order chi connectivity index (χ1) is 20.3. The molecule has 0 unspecified atom stereocenters. The van der Waals surface area contributed by atoms with E-state index in [1.165, 1.54) is 30.5 Å². The van der Waals surface area contributed by atoms with Gasteiger partial charge in [0.25, 0.3) is 0 Å². The highest BCUT2D eigenvalue weighted by Crippen LogP contribution is 2.48. The fourth-order valence-corrected chi connectivity index (χ4v) is 5.63. The van der Waals surface area contributed by atoms with E-state index in [0.717, 1.165) is 17.8 Å². The van der Waals surface area contributed by atoms with E-state index in [-0.39, 0.29) is 24.0 Å². The zero-order chi connectivity index (χ0) is 30.8. The van der Waals surface area contributed by atoms with Crippen molar-refractivity contribution in [1.29, 1.82) is 0 Å². The Hall–Kier alpha value is -3.84. The SMILES string of the molecule is O=C(NCc1ccnc(Cl)c1)N1CC2(CCN(C/C=C/c3ccc(C(F)(F)F)cn3)CC2)c2cc(OC(F)(F)F)ccc21.